The van der Waals surface area contributed by atoms with Crippen LogP contribution in [-0.4, -0.2) is 36.1 Å². The van der Waals surface area contributed by atoms with E-state index in [4.69, 9.17) is 0 Å². The van der Waals surface area contributed by atoms with Crippen molar-refractivity contribution in [3.8, 4) is 0 Å². The van der Waals surface area contributed by atoms with Crippen LogP contribution < -0.4 is 5.56 Å². The second-order valence-corrected chi connectivity index (χ2v) is 10.2. The van der Waals surface area contributed by atoms with Crippen molar-refractivity contribution >= 4 is 10.9 Å². The van der Waals surface area contributed by atoms with Crippen molar-refractivity contribution in [2.24, 2.45) is 0 Å². The molecule has 1 N–H and O–H groups in total. The predicted octanol–water partition coefficient (Wildman–Crippen LogP) is 4.86. The Labute approximate surface area is 190 Å². The highest BCUT2D eigenvalue weighted by Crippen LogP contribution is 2.34. The summed E-state index contributed by atoms with van der Waals surface area (Å²) < 4.78 is 1.95. The Balaban J connectivity index is 1.76. The topological polar surface area (TPSA) is 79.7 Å². The van der Waals surface area contributed by atoms with E-state index in [1.54, 1.807) is 0 Å². The van der Waals surface area contributed by atoms with Gasteiger partial charge < -0.3 is 4.98 Å². The van der Waals surface area contributed by atoms with Crippen molar-refractivity contribution in [2.45, 2.75) is 97.3 Å². The molecule has 1 aliphatic rings. The first kappa shape index (κ1) is 22.6. The van der Waals surface area contributed by atoms with E-state index in [1.165, 1.54) is 19.3 Å². The van der Waals surface area contributed by atoms with Crippen LogP contribution in [0.4, 0.5) is 0 Å². The second-order valence-electron chi connectivity index (χ2n) is 10.2. The van der Waals surface area contributed by atoms with Crippen LogP contribution in [0.15, 0.2) is 29.1 Å². The van der Waals surface area contributed by atoms with E-state index in [0.29, 0.717) is 12.6 Å². The van der Waals surface area contributed by atoms with Gasteiger partial charge >= 0.3 is 0 Å². The van der Waals surface area contributed by atoms with Crippen LogP contribution in [0.25, 0.3) is 10.9 Å². The van der Waals surface area contributed by atoms with Crippen molar-refractivity contribution in [1.29, 1.82) is 0 Å². The smallest absolute Gasteiger partial charge is 0.252 e. The second kappa shape index (κ2) is 9.14. The van der Waals surface area contributed by atoms with E-state index in [-0.39, 0.29) is 17.1 Å². The summed E-state index contributed by atoms with van der Waals surface area (Å²) in [5.41, 5.74) is 2.61. The number of aromatic amines is 1. The van der Waals surface area contributed by atoms with Crippen molar-refractivity contribution in [1.82, 2.24) is 30.1 Å². The Morgan fingerprint density at radius 3 is 2.66 bits per heavy atom. The number of tetrazole rings is 1. The third-order valence-corrected chi connectivity index (χ3v) is 6.78. The van der Waals surface area contributed by atoms with Gasteiger partial charge in [-0.1, -0.05) is 44.4 Å². The number of benzene rings is 1. The third kappa shape index (κ3) is 4.49. The number of fused-ring (bicyclic) bond motifs is 1. The number of aromatic nitrogens is 5. The molecule has 32 heavy (non-hydrogen) atoms. The summed E-state index contributed by atoms with van der Waals surface area (Å²) >= 11 is 0. The highest BCUT2D eigenvalue weighted by molar-refractivity contribution is 5.81. The fraction of sp³-hybridized carbons (Fsp3) is 0.600. The zero-order valence-electron chi connectivity index (χ0n) is 20.1. The van der Waals surface area contributed by atoms with Crippen LogP contribution in [0.5, 0.6) is 0 Å². The normalized spacial score (nSPS) is 16.7. The summed E-state index contributed by atoms with van der Waals surface area (Å²) in [4.78, 5) is 18.7. The predicted molar refractivity (Wildman–Crippen MR) is 128 cm³/mol. The molecule has 1 saturated carbocycles. The minimum absolute atomic E-state index is 0.00197. The van der Waals surface area contributed by atoms with Crippen LogP contribution in [0.1, 0.15) is 89.2 Å². The van der Waals surface area contributed by atoms with E-state index >= 15 is 0 Å². The first-order valence-corrected chi connectivity index (χ1v) is 12.0. The van der Waals surface area contributed by atoms with Gasteiger partial charge in [-0.2, -0.15) is 0 Å². The monoisotopic (exact) mass is 436 g/mol. The summed E-state index contributed by atoms with van der Waals surface area (Å²) in [5, 5.41) is 13.9. The van der Waals surface area contributed by atoms with Crippen molar-refractivity contribution in [3.05, 3.63) is 51.6 Å². The van der Waals surface area contributed by atoms with Crippen molar-refractivity contribution < 1.29 is 0 Å². The molecule has 1 aromatic carbocycles. The van der Waals surface area contributed by atoms with Gasteiger partial charge in [0.15, 0.2) is 5.82 Å². The van der Waals surface area contributed by atoms with Crippen molar-refractivity contribution in [2.75, 3.05) is 0 Å². The molecule has 0 bridgehead atoms. The molecule has 1 fully saturated rings. The highest BCUT2D eigenvalue weighted by Gasteiger charge is 2.33. The maximum atomic E-state index is 13.1. The van der Waals surface area contributed by atoms with Crippen LogP contribution in [0, 0.1) is 6.92 Å². The Bertz CT molecular complexity index is 1120. The number of rotatable bonds is 6. The number of hydrogen-bond acceptors (Lipinski definition) is 5. The molecule has 0 saturated heterocycles. The molecule has 0 amide bonds. The van der Waals surface area contributed by atoms with Gasteiger partial charge in [0, 0.05) is 18.2 Å². The Kier molecular flexibility index (Phi) is 6.47. The molecule has 2 aromatic heterocycles. The lowest BCUT2D eigenvalue weighted by molar-refractivity contribution is 0.0810. The van der Waals surface area contributed by atoms with E-state index < -0.39 is 0 Å². The summed E-state index contributed by atoms with van der Waals surface area (Å²) in [5.74, 6) is 0.888. The number of pyridine rings is 1. The minimum atomic E-state index is -0.206. The minimum Gasteiger partial charge on any atom is -0.321 e. The SMILES string of the molecule is CC[C@@H](c1nnnn1C(C)(C)C)N(Cc1cc2cccc(C)c2[nH]c1=O)C1CCCCC1. The lowest BCUT2D eigenvalue weighted by Gasteiger charge is -2.39. The molecule has 0 aliphatic heterocycles. The number of nitrogens with one attached hydrogen (secondary N) is 1. The lowest BCUT2D eigenvalue weighted by Crippen LogP contribution is -2.42. The first-order chi connectivity index (χ1) is 15.3. The Hall–Kier alpha value is -2.54. The molecule has 0 unspecified atom stereocenters. The highest BCUT2D eigenvalue weighted by atomic mass is 16.1. The Morgan fingerprint density at radius 1 is 1.22 bits per heavy atom. The van der Waals surface area contributed by atoms with E-state index in [0.717, 1.165) is 47.1 Å². The standard InChI is InChI=1S/C25H36N6O/c1-6-21(23-27-28-29-31(23)25(3,4)5)30(20-13-8-7-9-14-20)16-19-15-18-12-10-11-17(2)22(18)26-24(19)32/h10-12,15,20-21H,6-9,13-14,16H2,1-5H3,(H,26,32)/t21-/m0/s1. The average molecular weight is 437 g/mol. The molecule has 1 aliphatic carbocycles. The average Bonchev–Trinajstić information content (AvgIpc) is 3.26. The fourth-order valence-electron chi connectivity index (χ4n) is 5.09. The molecule has 172 valence electrons. The molecule has 7 nitrogen and oxygen atoms in total. The number of para-hydroxylation sites is 1. The molecule has 0 radical (unpaired) electrons. The zero-order valence-corrected chi connectivity index (χ0v) is 20.1. The van der Waals surface area contributed by atoms with Gasteiger partial charge in [0.1, 0.15) is 0 Å². The molecule has 1 atom stereocenters. The van der Waals surface area contributed by atoms with E-state index in [1.807, 2.05) is 23.7 Å². The molecule has 0 spiro atoms. The molecular formula is C25H36N6O. The maximum absolute atomic E-state index is 13.1. The van der Waals surface area contributed by atoms with Crippen LogP contribution in [0.3, 0.4) is 0 Å². The summed E-state index contributed by atoms with van der Waals surface area (Å²) in [6.45, 7) is 11.2. The van der Waals surface area contributed by atoms with Gasteiger partial charge in [0.05, 0.1) is 17.1 Å². The number of H-pyrrole nitrogens is 1. The van der Waals surface area contributed by atoms with E-state index in [9.17, 15) is 4.79 Å². The third-order valence-electron chi connectivity index (χ3n) is 6.78. The van der Waals surface area contributed by atoms with Gasteiger partial charge in [0.25, 0.3) is 5.56 Å². The molecule has 3 aromatic rings. The zero-order chi connectivity index (χ0) is 22.9. The van der Waals surface area contributed by atoms with Gasteiger partial charge in [-0.25, -0.2) is 4.68 Å². The van der Waals surface area contributed by atoms with Gasteiger partial charge in [-0.3, -0.25) is 9.69 Å². The van der Waals surface area contributed by atoms with Gasteiger partial charge in [0.2, 0.25) is 0 Å². The van der Waals surface area contributed by atoms with Gasteiger partial charge in [-0.05, 0) is 74.4 Å². The van der Waals surface area contributed by atoms with Crippen LogP contribution in [0.2, 0.25) is 0 Å². The maximum Gasteiger partial charge on any atom is 0.252 e. The lowest BCUT2D eigenvalue weighted by atomic mass is 9.92. The molecular weight excluding hydrogens is 400 g/mol. The fourth-order valence-corrected chi connectivity index (χ4v) is 5.09. The molecule has 2 heterocycles. The largest absolute Gasteiger partial charge is 0.321 e. The summed E-state index contributed by atoms with van der Waals surface area (Å²) in [7, 11) is 0. The quantitative estimate of drug-likeness (QED) is 0.597. The van der Waals surface area contributed by atoms with Crippen LogP contribution in [-0.2, 0) is 12.1 Å². The first-order valence-electron chi connectivity index (χ1n) is 12.0. The molecule has 7 heteroatoms. The van der Waals surface area contributed by atoms with Crippen molar-refractivity contribution in [3.63, 3.8) is 0 Å². The van der Waals surface area contributed by atoms with Crippen LogP contribution >= 0.6 is 0 Å². The summed E-state index contributed by atoms with van der Waals surface area (Å²) in [6.07, 6.45) is 6.94. The number of aryl methyl sites for hydroxylation is 1. The molecule has 4 rings (SSSR count). The van der Waals surface area contributed by atoms with Gasteiger partial charge in [-0.15, -0.1) is 5.10 Å². The Morgan fingerprint density at radius 2 is 1.97 bits per heavy atom. The van der Waals surface area contributed by atoms with E-state index in [2.05, 4.69) is 65.2 Å². The summed E-state index contributed by atoms with van der Waals surface area (Å²) in [6, 6.07) is 8.70. The number of hydrogen-bond donors (Lipinski definition) is 1. The number of nitrogens with zero attached hydrogens (tertiary/aromatic N) is 5.